The summed E-state index contributed by atoms with van der Waals surface area (Å²) in [6, 6.07) is 9.60. The van der Waals surface area contributed by atoms with Crippen LogP contribution in [0.2, 0.25) is 0 Å². The molecule has 2 aromatic carbocycles. The number of benzene rings is 2. The summed E-state index contributed by atoms with van der Waals surface area (Å²) in [6.07, 6.45) is 0. The summed E-state index contributed by atoms with van der Waals surface area (Å²) >= 11 is 3.20. The normalized spacial score (nSPS) is 9.95. The smallest absolute Gasteiger partial charge is 0.312 e. The highest BCUT2D eigenvalue weighted by molar-refractivity contribution is 9.08. The third kappa shape index (κ3) is 3.35. The van der Waals surface area contributed by atoms with Crippen molar-refractivity contribution < 1.29 is 14.1 Å². The van der Waals surface area contributed by atoms with Gasteiger partial charge in [0.15, 0.2) is 0 Å². The molecule has 0 amide bonds. The van der Waals surface area contributed by atoms with E-state index in [-0.39, 0.29) is 17.0 Å². The molecule has 0 bridgehead atoms. The molecule has 0 unspecified atom stereocenters. The molecule has 0 radical (unpaired) electrons. The van der Waals surface area contributed by atoms with E-state index in [0.717, 1.165) is 6.07 Å². The molecule has 2 aromatic rings. The highest BCUT2D eigenvalue weighted by Crippen LogP contribution is 2.34. The van der Waals surface area contributed by atoms with Crippen molar-refractivity contribution in [1.29, 1.82) is 5.26 Å². The Labute approximate surface area is 127 Å². The number of ether oxygens (including phenoxy) is 1. The Hall–Kier alpha value is -2.46. The predicted octanol–water partition coefficient (Wildman–Crippen LogP) is 4.29. The van der Waals surface area contributed by atoms with E-state index >= 15 is 0 Å². The van der Waals surface area contributed by atoms with Gasteiger partial charge in [-0.25, -0.2) is 4.39 Å². The Morgan fingerprint density at radius 1 is 1.29 bits per heavy atom. The summed E-state index contributed by atoms with van der Waals surface area (Å²) in [7, 11) is 0. The number of alkyl halides is 1. The lowest BCUT2D eigenvalue weighted by atomic mass is 10.2. The number of nitro benzene ring substituents is 1. The van der Waals surface area contributed by atoms with E-state index in [4.69, 9.17) is 10.00 Å². The lowest BCUT2D eigenvalue weighted by Gasteiger charge is -2.10. The molecule has 0 aliphatic rings. The minimum Gasteiger partial charge on any atom is -0.450 e. The maximum atomic E-state index is 13.2. The van der Waals surface area contributed by atoms with Crippen molar-refractivity contribution in [2.45, 2.75) is 5.33 Å². The molecule has 0 heterocycles. The molecule has 0 spiro atoms. The minimum absolute atomic E-state index is 0.00666. The molecule has 2 rings (SSSR count). The van der Waals surface area contributed by atoms with E-state index in [0.29, 0.717) is 16.6 Å². The maximum absolute atomic E-state index is 13.2. The average molecular weight is 351 g/mol. The van der Waals surface area contributed by atoms with Crippen LogP contribution in [-0.4, -0.2) is 4.92 Å². The van der Waals surface area contributed by atoms with Crippen LogP contribution in [0.3, 0.4) is 0 Å². The maximum Gasteiger partial charge on any atom is 0.312 e. The van der Waals surface area contributed by atoms with Crippen LogP contribution in [0.25, 0.3) is 0 Å². The van der Waals surface area contributed by atoms with Crippen LogP contribution in [0.5, 0.6) is 11.5 Å². The summed E-state index contributed by atoms with van der Waals surface area (Å²) < 4.78 is 18.7. The molecule has 0 aromatic heterocycles. The Morgan fingerprint density at radius 3 is 2.62 bits per heavy atom. The molecule has 0 aliphatic heterocycles. The van der Waals surface area contributed by atoms with E-state index < -0.39 is 10.7 Å². The summed E-state index contributed by atoms with van der Waals surface area (Å²) in [4.78, 5) is 10.4. The Kier molecular flexibility index (Phi) is 4.50. The number of nitro groups is 1. The van der Waals surface area contributed by atoms with Gasteiger partial charge in [0.2, 0.25) is 5.75 Å². The number of halogens is 2. The van der Waals surface area contributed by atoms with E-state index in [1.165, 1.54) is 30.3 Å². The lowest BCUT2D eigenvalue weighted by molar-refractivity contribution is -0.385. The Balaban J connectivity index is 2.45. The van der Waals surface area contributed by atoms with Gasteiger partial charge in [-0.15, -0.1) is 0 Å². The Morgan fingerprint density at radius 2 is 2.00 bits per heavy atom. The molecule has 7 heteroatoms. The van der Waals surface area contributed by atoms with Gasteiger partial charge in [0.25, 0.3) is 0 Å². The van der Waals surface area contributed by atoms with Crippen molar-refractivity contribution in [1.82, 2.24) is 0 Å². The first kappa shape index (κ1) is 14.9. The van der Waals surface area contributed by atoms with Crippen LogP contribution < -0.4 is 4.74 Å². The zero-order valence-electron chi connectivity index (χ0n) is 10.5. The molecule has 21 heavy (non-hydrogen) atoms. The van der Waals surface area contributed by atoms with Gasteiger partial charge in [-0.1, -0.05) is 15.9 Å². The van der Waals surface area contributed by atoms with Crippen molar-refractivity contribution in [2.75, 3.05) is 0 Å². The highest BCUT2D eigenvalue weighted by atomic mass is 79.9. The van der Waals surface area contributed by atoms with Crippen molar-refractivity contribution >= 4 is 21.6 Å². The van der Waals surface area contributed by atoms with Crippen molar-refractivity contribution in [2.24, 2.45) is 0 Å². The largest absolute Gasteiger partial charge is 0.450 e. The predicted molar refractivity (Wildman–Crippen MR) is 76.9 cm³/mol. The van der Waals surface area contributed by atoms with E-state index in [1.54, 1.807) is 0 Å². The van der Waals surface area contributed by atoms with Gasteiger partial charge in [-0.2, -0.15) is 5.26 Å². The van der Waals surface area contributed by atoms with Gasteiger partial charge in [-0.05, 0) is 30.3 Å². The van der Waals surface area contributed by atoms with Crippen LogP contribution >= 0.6 is 15.9 Å². The number of hydrogen-bond donors (Lipinski definition) is 0. The zero-order valence-corrected chi connectivity index (χ0v) is 12.1. The summed E-state index contributed by atoms with van der Waals surface area (Å²) in [6.45, 7) is 0. The summed E-state index contributed by atoms with van der Waals surface area (Å²) in [5, 5.41) is 20.1. The van der Waals surface area contributed by atoms with Crippen LogP contribution in [0, 0.1) is 27.3 Å². The fraction of sp³-hybridized carbons (Fsp3) is 0.0714. The second kappa shape index (κ2) is 6.33. The number of hydrogen-bond acceptors (Lipinski definition) is 4. The molecular weight excluding hydrogens is 343 g/mol. The van der Waals surface area contributed by atoms with Gasteiger partial charge in [0.1, 0.15) is 11.6 Å². The molecule has 0 N–H and O–H groups in total. The topological polar surface area (TPSA) is 76.2 Å². The zero-order chi connectivity index (χ0) is 15.4. The van der Waals surface area contributed by atoms with Gasteiger partial charge in [-0.3, -0.25) is 10.1 Å². The number of rotatable bonds is 4. The monoisotopic (exact) mass is 350 g/mol. The number of nitrogens with zero attached hydrogens (tertiary/aromatic N) is 2. The SMILES string of the molecule is N#Cc1ccc(Oc2ccc(F)cc2CBr)c([N+](=O)[O-])c1. The van der Waals surface area contributed by atoms with Crippen LogP contribution in [-0.2, 0) is 5.33 Å². The van der Waals surface area contributed by atoms with Crippen molar-refractivity contribution in [3.63, 3.8) is 0 Å². The third-order valence-corrected chi connectivity index (χ3v) is 3.28. The second-order valence-electron chi connectivity index (χ2n) is 4.04. The first-order valence-corrected chi connectivity index (χ1v) is 6.88. The van der Waals surface area contributed by atoms with Gasteiger partial charge < -0.3 is 4.74 Å². The molecule has 0 saturated carbocycles. The minimum atomic E-state index is -0.631. The first-order chi connectivity index (χ1) is 10.0. The average Bonchev–Trinajstić information content (AvgIpc) is 2.49. The van der Waals surface area contributed by atoms with Crippen molar-refractivity contribution in [3.05, 3.63) is 63.5 Å². The van der Waals surface area contributed by atoms with Crippen molar-refractivity contribution in [3.8, 4) is 17.6 Å². The van der Waals surface area contributed by atoms with Crippen LogP contribution in [0.4, 0.5) is 10.1 Å². The fourth-order valence-electron chi connectivity index (χ4n) is 1.69. The van der Waals surface area contributed by atoms with Crippen LogP contribution in [0.1, 0.15) is 11.1 Å². The summed E-state index contributed by atoms with van der Waals surface area (Å²) in [5.41, 5.74) is 0.362. The number of nitriles is 1. The van der Waals surface area contributed by atoms with E-state index in [1.807, 2.05) is 6.07 Å². The standard InChI is InChI=1S/C14H8BrFN2O3/c15-7-10-6-11(16)2-4-13(10)21-14-3-1-9(8-17)5-12(14)18(19)20/h1-6H,7H2. The third-order valence-electron chi connectivity index (χ3n) is 2.67. The quantitative estimate of drug-likeness (QED) is 0.468. The van der Waals surface area contributed by atoms with Gasteiger partial charge in [0, 0.05) is 17.0 Å². The second-order valence-corrected chi connectivity index (χ2v) is 4.60. The summed E-state index contributed by atoms with van der Waals surface area (Å²) in [5.74, 6) is -0.125. The lowest BCUT2D eigenvalue weighted by Crippen LogP contribution is -1.96. The van der Waals surface area contributed by atoms with Gasteiger partial charge in [0.05, 0.1) is 16.6 Å². The van der Waals surface area contributed by atoms with E-state index in [9.17, 15) is 14.5 Å². The van der Waals surface area contributed by atoms with E-state index in [2.05, 4.69) is 15.9 Å². The molecule has 0 aliphatic carbocycles. The molecule has 0 atom stereocenters. The highest BCUT2D eigenvalue weighted by Gasteiger charge is 2.18. The fourth-order valence-corrected chi connectivity index (χ4v) is 2.12. The molecule has 0 fully saturated rings. The van der Waals surface area contributed by atoms with Gasteiger partial charge >= 0.3 is 5.69 Å². The molecule has 5 nitrogen and oxygen atoms in total. The first-order valence-electron chi connectivity index (χ1n) is 5.76. The Bertz CT molecular complexity index is 743. The van der Waals surface area contributed by atoms with Crippen LogP contribution in [0.15, 0.2) is 36.4 Å². The molecule has 106 valence electrons. The molecule has 0 saturated heterocycles. The molecular formula is C14H8BrFN2O3.